The van der Waals surface area contributed by atoms with Crippen molar-refractivity contribution in [2.75, 3.05) is 0 Å². The lowest BCUT2D eigenvalue weighted by Crippen LogP contribution is -2.38. The van der Waals surface area contributed by atoms with Crippen molar-refractivity contribution < 1.29 is 13.9 Å². The zero-order valence-electron chi connectivity index (χ0n) is 10.3. The fraction of sp³-hybridized carbons (Fsp3) is 0.571. The summed E-state index contributed by atoms with van der Waals surface area (Å²) in [6.07, 6.45) is 2.59. The molecule has 1 aliphatic rings. The molecule has 0 saturated heterocycles. The minimum atomic E-state index is -1.36. The van der Waals surface area contributed by atoms with Crippen LogP contribution in [0.5, 0.6) is 0 Å². The molecule has 94 valence electrons. The maximum absolute atomic E-state index is 13.7. The molecule has 0 aromatic heterocycles. The van der Waals surface area contributed by atoms with Gasteiger partial charge in [0.05, 0.1) is 11.2 Å². The summed E-state index contributed by atoms with van der Waals surface area (Å²) < 4.78 is 27.5. The topological polar surface area (TPSA) is 20.2 Å². The predicted molar refractivity (Wildman–Crippen MR) is 62.5 cm³/mol. The first kappa shape index (κ1) is 12.5. The highest BCUT2D eigenvalue weighted by Gasteiger charge is 2.42. The Morgan fingerprint density at radius 2 is 1.71 bits per heavy atom. The van der Waals surface area contributed by atoms with Crippen LogP contribution in [0.3, 0.4) is 0 Å². The largest absolute Gasteiger partial charge is 0.385 e. The van der Waals surface area contributed by atoms with Crippen molar-refractivity contribution in [1.29, 1.82) is 0 Å². The molecule has 1 unspecified atom stereocenters. The van der Waals surface area contributed by atoms with Crippen LogP contribution in [0.1, 0.15) is 45.1 Å². The molecule has 3 heteroatoms. The highest BCUT2D eigenvalue weighted by molar-refractivity contribution is 5.27. The van der Waals surface area contributed by atoms with E-state index in [0.717, 1.165) is 12.8 Å². The van der Waals surface area contributed by atoms with E-state index in [1.54, 1.807) is 0 Å². The van der Waals surface area contributed by atoms with E-state index < -0.39 is 17.2 Å². The van der Waals surface area contributed by atoms with E-state index in [2.05, 4.69) is 0 Å². The maximum Gasteiger partial charge on any atom is 0.132 e. The second kappa shape index (κ2) is 4.05. The monoisotopic (exact) mass is 240 g/mol. The van der Waals surface area contributed by atoms with Gasteiger partial charge < -0.3 is 5.11 Å². The lowest BCUT2D eigenvalue weighted by Gasteiger charge is -2.42. The Bertz CT molecular complexity index is 408. The third kappa shape index (κ3) is 2.34. The Labute approximate surface area is 100 Å². The summed E-state index contributed by atoms with van der Waals surface area (Å²) in [5.74, 6) is -1.30. The third-order valence-corrected chi connectivity index (χ3v) is 3.64. The SMILES string of the molecule is CC1(C)CCCC(O)(c2c(F)cccc2F)C1. The standard InChI is InChI=1S/C14H18F2O/c1-13(2)7-4-8-14(17,9-13)12-10(15)5-3-6-11(12)16/h3,5-6,17H,4,7-9H2,1-2H3. The molecule has 0 heterocycles. The van der Waals surface area contributed by atoms with E-state index in [-0.39, 0.29) is 11.0 Å². The highest BCUT2D eigenvalue weighted by atomic mass is 19.1. The second-order valence-corrected chi connectivity index (χ2v) is 5.82. The van der Waals surface area contributed by atoms with Gasteiger partial charge in [0.1, 0.15) is 11.6 Å². The van der Waals surface area contributed by atoms with Gasteiger partial charge in [-0.1, -0.05) is 19.9 Å². The molecule has 0 spiro atoms. The average molecular weight is 240 g/mol. The fourth-order valence-corrected chi connectivity index (χ4v) is 2.98. The van der Waals surface area contributed by atoms with Crippen LogP contribution in [0, 0.1) is 17.0 Å². The van der Waals surface area contributed by atoms with Gasteiger partial charge in [0.15, 0.2) is 0 Å². The molecule has 0 bridgehead atoms. The van der Waals surface area contributed by atoms with Gasteiger partial charge in [0.25, 0.3) is 0 Å². The summed E-state index contributed by atoms with van der Waals surface area (Å²) in [6.45, 7) is 4.05. The van der Waals surface area contributed by atoms with Gasteiger partial charge in [-0.2, -0.15) is 0 Å². The lowest BCUT2D eigenvalue weighted by molar-refractivity contribution is -0.0490. The van der Waals surface area contributed by atoms with Crippen molar-refractivity contribution in [3.8, 4) is 0 Å². The first-order valence-corrected chi connectivity index (χ1v) is 6.01. The van der Waals surface area contributed by atoms with Crippen LogP contribution in [-0.4, -0.2) is 5.11 Å². The van der Waals surface area contributed by atoms with Crippen LogP contribution >= 0.6 is 0 Å². The van der Waals surface area contributed by atoms with Crippen LogP contribution in [0.15, 0.2) is 18.2 Å². The number of rotatable bonds is 1. The van der Waals surface area contributed by atoms with Crippen LogP contribution in [-0.2, 0) is 5.60 Å². The van der Waals surface area contributed by atoms with Crippen LogP contribution in [0.25, 0.3) is 0 Å². The molecule has 0 aliphatic heterocycles. The number of aliphatic hydroxyl groups is 1. The fourth-order valence-electron chi connectivity index (χ4n) is 2.98. The van der Waals surface area contributed by atoms with Crippen LogP contribution in [0.4, 0.5) is 8.78 Å². The Morgan fingerprint density at radius 3 is 2.24 bits per heavy atom. The summed E-state index contributed by atoms with van der Waals surface area (Å²) in [5.41, 5.74) is -1.61. The van der Waals surface area contributed by atoms with Crippen molar-refractivity contribution in [2.45, 2.75) is 45.1 Å². The highest BCUT2D eigenvalue weighted by Crippen LogP contribution is 2.47. The molecule has 1 aromatic rings. The summed E-state index contributed by atoms with van der Waals surface area (Å²) in [4.78, 5) is 0. The van der Waals surface area contributed by atoms with Gasteiger partial charge in [0.2, 0.25) is 0 Å². The molecule has 1 N–H and O–H groups in total. The Morgan fingerprint density at radius 1 is 1.12 bits per heavy atom. The maximum atomic E-state index is 13.7. The van der Waals surface area contributed by atoms with Gasteiger partial charge in [-0.05, 0) is 43.2 Å². The lowest BCUT2D eigenvalue weighted by atomic mass is 9.67. The molecule has 0 radical (unpaired) electrons. The van der Waals surface area contributed by atoms with Gasteiger partial charge in [-0.25, -0.2) is 8.78 Å². The molecule has 1 aliphatic carbocycles. The molecule has 1 nitrogen and oxygen atoms in total. The van der Waals surface area contributed by atoms with Crippen molar-refractivity contribution in [2.24, 2.45) is 5.41 Å². The number of hydrogen-bond acceptors (Lipinski definition) is 1. The van der Waals surface area contributed by atoms with E-state index >= 15 is 0 Å². The van der Waals surface area contributed by atoms with Gasteiger partial charge in [-0.15, -0.1) is 0 Å². The molecule has 2 rings (SSSR count). The van der Waals surface area contributed by atoms with Crippen molar-refractivity contribution >= 4 is 0 Å². The summed E-state index contributed by atoms with van der Waals surface area (Å²) in [6, 6.07) is 3.74. The molecular weight excluding hydrogens is 222 g/mol. The summed E-state index contributed by atoms with van der Waals surface area (Å²) in [5, 5.41) is 10.6. The first-order valence-electron chi connectivity index (χ1n) is 6.01. The normalized spacial score (nSPS) is 28.1. The second-order valence-electron chi connectivity index (χ2n) is 5.82. The molecule has 17 heavy (non-hydrogen) atoms. The molecule has 0 amide bonds. The van der Waals surface area contributed by atoms with E-state index in [1.165, 1.54) is 18.2 Å². The third-order valence-electron chi connectivity index (χ3n) is 3.64. The summed E-state index contributed by atoms with van der Waals surface area (Å²) >= 11 is 0. The van der Waals surface area contributed by atoms with E-state index in [1.807, 2.05) is 13.8 Å². The zero-order chi connectivity index (χ0) is 12.7. The number of benzene rings is 1. The first-order chi connectivity index (χ1) is 7.84. The predicted octanol–water partition coefficient (Wildman–Crippen LogP) is 3.75. The minimum absolute atomic E-state index is 0.0816. The molecule has 1 atom stereocenters. The van der Waals surface area contributed by atoms with Crippen LogP contribution in [0.2, 0.25) is 0 Å². The number of hydrogen-bond donors (Lipinski definition) is 1. The van der Waals surface area contributed by atoms with E-state index in [4.69, 9.17) is 0 Å². The molecule has 1 fully saturated rings. The van der Waals surface area contributed by atoms with Crippen molar-refractivity contribution in [3.05, 3.63) is 35.4 Å². The van der Waals surface area contributed by atoms with Gasteiger partial charge >= 0.3 is 0 Å². The van der Waals surface area contributed by atoms with Crippen molar-refractivity contribution in [1.82, 2.24) is 0 Å². The Balaban J connectivity index is 2.44. The zero-order valence-corrected chi connectivity index (χ0v) is 10.3. The Kier molecular flexibility index (Phi) is 2.98. The quantitative estimate of drug-likeness (QED) is 0.792. The smallest absolute Gasteiger partial charge is 0.132 e. The van der Waals surface area contributed by atoms with Crippen molar-refractivity contribution in [3.63, 3.8) is 0 Å². The molecule has 1 saturated carbocycles. The van der Waals surface area contributed by atoms with E-state index in [9.17, 15) is 13.9 Å². The molecular formula is C14H18F2O. The van der Waals surface area contributed by atoms with Gasteiger partial charge in [-0.3, -0.25) is 0 Å². The summed E-state index contributed by atoms with van der Waals surface area (Å²) in [7, 11) is 0. The molecule has 1 aromatic carbocycles. The van der Waals surface area contributed by atoms with Gasteiger partial charge in [0, 0.05) is 0 Å². The van der Waals surface area contributed by atoms with E-state index in [0.29, 0.717) is 12.8 Å². The van der Waals surface area contributed by atoms with Crippen LogP contribution < -0.4 is 0 Å². The minimum Gasteiger partial charge on any atom is -0.385 e. The average Bonchev–Trinajstić information content (AvgIpc) is 2.14. The number of halogens is 2. The Hall–Kier alpha value is -0.960.